The van der Waals surface area contributed by atoms with Gasteiger partial charge in [0, 0.05) is 19.8 Å². The molecule has 0 atom stereocenters. The fourth-order valence-electron chi connectivity index (χ4n) is 1.40. The van der Waals surface area contributed by atoms with Crippen molar-refractivity contribution in [3.63, 3.8) is 0 Å². The minimum atomic E-state index is -4.58. The van der Waals surface area contributed by atoms with Crippen molar-refractivity contribution in [2.24, 2.45) is 0 Å². The lowest BCUT2D eigenvalue weighted by Crippen LogP contribution is -2.38. The van der Waals surface area contributed by atoms with E-state index in [9.17, 15) is 21.6 Å². The summed E-state index contributed by atoms with van der Waals surface area (Å²) >= 11 is 0. The van der Waals surface area contributed by atoms with Crippen LogP contribution in [0.5, 0.6) is 0 Å². The summed E-state index contributed by atoms with van der Waals surface area (Å²) in [5.74, 6) is 0.429. The molecular weight excluding hydrogens is 283 g/mol. The summed E-state index contributed by atoms with van der Waals surface area (Å²) in [6, 6.07) is 2.60. The summed E-state index contributed by atoms with van der Waals surface area (Å²) in [6.45, 7) is -0.437. The fourth-order valence-corrected chi connectivity index (χ4v) is 2.78. The van der Waals surface area contributed by atoms with Gasteiger partial charge in [0.2, 0.25) is 10.0 Å². The zero-order valence-electron chi connectivity index (χ0n) is 10.4. The molecule has 0 amide bonds. The van der Waals surface area contributed by atoms with Crippen molar-refractivity contribution >= 4 is 15.8 Å². The van der Waals surface area contributed by atoms with Gasteiger partial charge in [-0.25, -0.2) is 13.4 Å². The van der Waals surface area contributed by atoms with Crippen LogP contribution in [-0.4, -0.2) is 44.0 Å². The lowest BCUT2D eigenvalue weighted by Gasteiger charge is -2.21. The molecule has 9 heteroatoms. The van der Waals surface area contributed by atoms with Crippen LogP contribution in [-0.2, 0) is 10.0 Å². The smallest absolute Gasteiger partial charge is 0.373 e. The van der Waals surface area contributed by atoms with Crippen molar-refractivity contribution in [1.29, 1.82) is 0 Å². The first-order valence-corrected chi connectivity index (χ1v) is 6.85. The second-order valence-corrected chi connectivity index (χ2v) is 5.61. The van der Waals surface area contributed by atoms with Crippen LogP contribution in [0, 0.1) is 0 Å². The molecule has 5 nitrogen and oxygen atoms in total. The maximum absolute atomic E-state index is 12.3. The molecule has 1 rings (SSSR count). The average molecular weight is 297 g/mol. The molecule has 0 radical (unpaired) electrons. The highest BCUT2D eigenvalue weighted by Crippen LogP contribution is 2.22. The number of hydrogen-bond donors (Lipinski definition) is 1. The maximum Gasteiger partial charge on any atom is 0.402 e. The summed E-state index contributed by atoms with van der Waals surface area (Å²) in [5, 5.41) is 2.69. The van der Waals surface area contributed by atoms with Gasteiger partial charge < -0.3 is 5.32 Å². The van der Waals surface area contributed by atoms with Gasteiger partial charge in [-0.1, -0.05) is 6.92 Å². The monoisotopic (exact) mass is 297 g/mol. The molecule has 0 bridgehead atoms. The first-order chi connectivity index (χ1) is 8.70. The van der Waals surface area contributed by atoms with Crippen molar-refractivity contribution in [3.05, 3.63) is 18.3 Å². The third-order valence-electron chi connectivity index (χ3n) is 2.34. The Morgan fingerprint density at radius 1 is 1.37 bits per heavy atom. The third kappa shape index (κ3) is 4.06. The van der Waals surface area contributed by atoms with Crippen LogP contribution in [0.3, 0.4) is 0 Å². The molecule has 19 heavy (non-hydrogen) atoms. The van der Waals surface area contributed by atoms with Crippen LogP contribution in [0.25, 0.3) is 0 Å². The van der Waals surface area contributed by atoms with Gasteiger partial charge in [-0.05, 0) is 12.1 Å². The average Bonchev–Trinajstić information content (AvgIpc) is 2.34. The number of anilines is 1. The first-order valence-electron chi connectivity index (χ1n) is 5.41. The van der Waals surface area contributed by atoms with E-state index in [1.807, 2.05) is 0 Å². The van der Waals surface area contributed by atoms with Gasteiger partial charge in [0.25, 0.3) is 0 Å². The van der Waals surface area contributed by atoms with Gasteiger partial charge in [0.05, 0.1) is 0 Å². The van der Waals surface area contributed by atoms with Crippen LogP contribution < -0.4 is 5.32 Å². The number of sulfonamides is 1. The second kappa shape index (κ2) is 5.74. The minimum absolute atomic E-state index is 0.266. The van der Waals surface area contributed by atoms with Crippen molar-refractivity contribution in [2.75, 3.05) is 25.5 Å². The minimum Gasteiger partial charge on any atom is -0.373 e. The first kappa shape index (κ1) is 15.7. The van der Waals surface area contributed by atoms with E-state index in [-0.39, 0.29) is 11.4 Å². The topological polar surface area (TPSA) is 62.3 Å². The standard InChI is InChI=1S/C10H14F3N3O2S/c1-3-16(7-10(11,12)13)19(17,18)8-4-5-9(14-2)15-6-8/h4-6H,3,7H2,1-2H3,(H,14,15). The molecular formula is C10H14F3N3O2S. The van der Waals surface area contributed by atoms with Crippen LogP contribution in [0.1, 0.15) is 6.92 Å². The van der Waals surface area contributed by atoms with E-state index in [1.165, 1.54) is 19.1 Å². The number of rotatable bonds is 5. The van der Waals surface area contributed by atoms with E-state index in [4.69, 9.17) is 0 Å². The molecule has 0 aliphatic carbocycles. The summed E-state index contributed by atoms with van der Waals surface area (Å²) in [6.07, 6.45) is -3.55. The van der Waals surface area contributed by atoms with E-state index < -0.39 is 22.7 Å². The maximum atomic E-state index is 12.3. The number of hydrogen-bond acceptors (Lipinski definition) is 4. The van der Waals surface area contributed by atoms with Gasteiger partial charge in [-0.15, -0.1) is 0 Å². The van der Waals surface area contributed by atoms with Crippen LogP contribution >= 0.6 is 0 Å². The van der Waals surface area contributed by atoms with Crippen molar-refractivity contribution in [2.45, 2.75) is 18.0 Å². The number of aromatic nitrogens is 1. The third-order valence-corrected chi connectivity index (χ3v) is 4.24. The molecule has 0 saturated carbocycles. The second-order valence-electron chi connectivity index (χ2n) is 3.68. The largest absolute Gasteiger partial charge is 0.402 e. The molecule has 1 aromatic rings. The zero-order chi connectivity index (χ0) is 14.7. The summed E-state index contributed by atoms with van der Waals surface area (Å²) in [4.78, 5) is 3.51. The number of pyridine rings is 1. The number of nitrogens with zero attached hydrogens (tertiary/aromatic N) is 2. The Balaban J connectivity index is 3.06. The molecule has 0 saturated heterocycles. The van der Waals surface area contributed by atoms with Crippen molar-refractivity contribution < 1.29 is 21.6 Å². The predicted octanol–water partition coefficient (Wildman–Crippen LogP) is 1.70. The summed E-state index contributed by atoms with van der Waals surface area (Å²) < 4.78 is 61.4. The number of alkyl halides is 3. The Morgan fingerprint density at radius 2 is 2.00 bits per heavy atom. The lowest BCUT2D eigenvalue weighted by atomic mass is 10.5. The number of halogens is 3. The van der Waals surface area contributed by atoms with E-state index in [0.29, 0.717) is 10.1 Å². The van der Waals surface area contributed by atoms with Crippen molar-refractivity contribution in [1.82, 2.24) is 9.29 Å². The van der Waals surface area contributed by atoms with E-state index in [2.05, 4.69) is 10.3 Å². The van der Waals surface area contributed by atoms with Crippen LogP contribution in [0.15, 0.2) is 23.2 Å². The van der Waals surface area contributed by atoms with E-state index in [1.54, 1.807) is 7.05 Å². The Morgan fingerprint density at radius 3 is 2.37 bits per heavy atom. The highest BCUT2D eigenvalue weighted by molar-refractivity contribution is 7.89. The van der Waals surface area contributed by atoms with Gasteiger partial charge in [0.15, 0.2) is 0 Å². The molecule has 0 aliphatic rings. The van der Waals surface area contributed by atoms with Gasteiger partial charge in [-0.2, -0.15) is 17.5 Å². The van der Waals surface area contributed by atoms with Gasteiger partial charge in [0.1, 0.15) is 17.3 Å². The summed E-state index contributed by atoms with van der Waals surface area (Å²) in [5.41, 5.74) is 0. The number of nitrogens with one attached hydrogen (secondary N) is 1. The molecule has 0 spiro atoms. The molecule has 1 aromatic heterocycles. The molecule has 1 N–H and O–H groups in total. The quantitative estimate of drug-likeness (QED) is 0.898. The molecule has 0 aromatic carbocycles. The SMILES string of the molecule is CCN(CC(F)(F)F)S(=O)(=O)c1ccc(NC)nc1. The lowest BCUT2D eigenvalue weighted by molar-refractivity contribution is -0.135. The zero-order valence-corrected chi connectivity index (χ0v) is 11.2. The molecule has 108 valence electrons. The van der Waals surface area contributed by atoms with E-state index >= 15 is 0 Å². The van der Waals surface area contributed by atoms with Crippen LogP contribution in [0.2, 0.25) is 0 Å². The van der Waals surface area contributed by atoms with Gasteiger partial charge in [-0.3, -0.25) is 0 Å². The molecule has 0 aliphatic heterocycles. The highest BCUT2D eigenvalue weighted by Gasteiger charge is 2.36. The Bertz CT molecular complexity index is 514. The molecule has 1 heterocycles. The van der Waals surface area contributed by atoms with Gasteiger partial charge >= 0.3 is 6.18 Å². The molecule has 0 unspecified atom stereocenters. The Kier molecular flexibility index (Phi) is 4.75. The normalized spacial score (nSPS) is 12.7. The highest BCUT2D eigenvalue weighted by atomic mass is 32.2. The summed E-state index contributed by atoms with van der Waals surface area (Å²) in [7, 11) is -2.59. The van der Waals surface area contributed by atoms with Crippen molar-refractivity contribution in [3.8, 4) is 0 Å². The predicted molar refractivity (Wildman–Crippen MR) is 64.3 cm³/mol. The fraction of sp³-hybridized carbons (Fsp3) is 0.500. The Labute approximate surface area is 109 Å². The Hall–Kier alpha value is -1.35. The van der Waals surface area contributed by atoms with Crippen LogP contribution in [0.4, 0.5) is 19.0 Å². The molecule has 0 fully saturated rings. The van der Waals surface area contributed by atoms with E-state index in [0.717, 1.165) is 6.20 Å².